The molecule has 1 aromatic carbocycles. The second-order valence-electron chi connectivity index (χ2n) is 8.30. The maximum atomic E-state index is 12.7. The van der Waals surface area contributed by atoms with Gasteiger partial charge in [-0.3, -0.25) is 9.59 Å². The summed E-state index contributed by atoms with van der Waals surface area (Å²) < 4.78 is 5.19. The van der Waals surface area contributed by atoms with Crippen LogP contribution < -0.4 is 21.1 Å². The third kappa shape index (κ3) is 6.85. The van der Waals surface area contributed by atoms with Crippen LogP contribution in [-0.2, 0) is 4.79 Å². The van der Waals surface area contributed by atoms with Gasteiger partial charge in [0.15, 0.2) is 6.61 Å². The van der Waals surface area contributed by atoms with E-state index in [0.29, 0.717) is 30.7 Å². The van der Waals surface area contributed by atoms with Crippen molar-refractivity contribution in [1.29, 1.82) is 0 Å². The number of ether oxygens (including phenoxy) is 1. The topological polar surface area (TPSA) is 134 Å². The largest absolute Gasteiger partial charge is 0.484 e. The molecule has 2 aliphatic rings. The van der Waals surface area contributed by atoms with Gasteiger partial charge in [-0.2, -0.15) is 0 Å². The minimum atomic E-state index is -0.727. The number of carbonyl (C=O) groups is 3. The van der Waals surface area contributed by atoms with E-state index in [2.05, 4.69) is 10.6 Å². The van der Waals surface area contributed by atoms with Crippen LogP contribution in [0.3, 0.4) is 0 Å². The van der Waals surface area contributed by atoms with Crippen LogP contribution in [0.5, 0.6) is 5.75 Å². The van der Waals surface area contributed by atoms with Crippen molar-refractivity contribution in [3.05, 3.63) is 29.8 Å². The van der Waals surface area contributed by atoms with E-state index >= 15 is 0 Å². The SMILES string of the molecule is NC(=O)COc1ccc(C(=O)NC2CN(C(=O)NC3CCCCC3)CCCC2O)cc1. The summed E-state index contributed by atoms with van der Waals surface area (Å²) >= 11 is 0. The molecule has 0 spiro atoms. The van der Waals surface area contributed by atoms with E-state index in [1.807, 2.05) is 0 Å². The summed E-state index contributed by atoms with van der Waals surface area (Å²) in [6, 6.07) is 5.81. The molecule has 31 heavy (non-hydrogen) atoms. The fraction of sp³-hybridized carbons (Fsp3) is 0.591. The summed E-state index contributed by atoms with van der Waals surface area (Å²) in [4.78, 5) is 37.9. The first kappa shape index (κ1) is 22.9. The number of urea groups is 1. The Hall–Kier alpha value is -2.81. The van der Waals surface area contributed by atoms with E-state index < -0.39 is 18.1 Å². The van der Waals surface area contributed by atoms with Crippen molar-refractivity contribution in [3.63, 3.8) is 0 Å². The Bertz CT molecular complexity index is 764. The number of aliphatic hydroxyl groups excluding tert-OH is 1. The highest BCUT2D eigenvalue weighted by atomic mass is 16.5. The minimum Gasteiger partial charge on any atom is -0.484 e. The maximum Gasteiger partial charge on any atom is 0.317 e. The Kier molecular flexibility index (Phi) is 8.11. The van der Waals surface area contributed by atoms with Crippen LogP contribution in [0.15, 0.2) is 24.3 Å². The fourth-order valence-corrected chi connectivity index (χ4v) is 4.09. The third-order valence-corrected chi connectivity index (χ3v) is 5.84. The van der Waals surface area contributed by atoms with Crippen LogP contribution in [0.1, 0.15) is 55.3 Å². The van der Waals surface area contributed by atoms with Crippen molar-refractivity contribution in [2.24, 2.45) is 5.73 Å². The van der Waals surface area contributed by atoms with Crippen molar-refractivity contribution >= 4 is 17.8 Å². The summed E-state index contributed by atoms with van der Waals surface area (Å²) in [6.07, 6.45) is 5.95. The second kappa shape index (κ2) is 11.0. The highest BCUT2D eigenvalue weighted by Gasteiger charge is 2.30. The molecule has 170 valence electrons. The van der Waals surface area contributed by atoms with Gasteiger partial charge in [-0.25, -0.2) is 4.79 Å². The quantitative estimate of drug-likeness (QED) is 0.535. The summed E-state index contributed by atoms with van der Waals surface area (Å²) in [7, 11) is 0. The van der Waals surface area contributed by atoms with Crippen molar-refractivity contribution in [2.75, 3.05) is 19.7 Å². The van der Waals surface area contributed by atoms with E-state index in [-0.39, 0.29) is 31.1 Å². The first-order valence-corrected chi connectivity index (χ1v) is 11.0. The van der Waals surface area contributed by atoms with Gasteiger partial charge >= 0.3 is 6.03 Å². The monoisotopic (exact) mass is 432 g/mol. The Morgan fingerprint density at radius 1 is 1.03 bits per heavy atom. The highest BCUT2D eigenvalue weighted by Crippen LogP contribution is 2.19. The van der Waals surface area contributed by atoms with E-state index in [9.17, 15) is 19.5 Å². The number of hydrogen-bond donors (Lipinski definition) is 4. The zero-order chi connectivity index (χ0) is 22.2. The molecule has 3 rings (SSSR count). The Labute approximate surface area is 182 Å². The molecular formula is C22H32N4O5. The molecule has 1 saturated heterocycles. The van der Waals surface area contributed by atoms with Crippen LogP contribution in [-0.4, -0.2) is 65.7 Å². The molecule has 0 radical (unpaired) electrons. The van der Waals surface area contributed by atoms with Gasteiger partial charge in [0.1, 0.15) is 5.75 Å². The smallest absolute Gasteiger partial charge is 0.317 e. The van der Waals surface area contributed by atoms with Gasteiger partial charge in [0.25, 0.3) is 11.8 Å². The predicted octanol–water partition coefficient (Wildman–Crippen LogP) is 1.15. The summed E-state index contributed by atoms with van der Waals surface area (Å²) in [6.45, 7) is 0.567. The van der Waals surface area contributed by atoms with Crippen molar-refractivity contribution in [3.8, 4) is 5.75 Å². The first-order valence-electron chi connectivity index (χ1n) is 11.0. The number of nitrogens with zero attached hydrogens (tertiary/aromatic N) is 1. The molecule has 0 aromatic heterocycles. The van der Waals surface area contributed by atoms with Gasteiger partial charge in [-0.05, 0) is 49.9 Å². The Morgan fingerprint density at radius 3 is 2.42 bits per heavy atom. The lowest BCUT2D eigenvalue weighted by Gasteiger charge is -2.30. The zero-order valence-electron chi connectivity index (χ0n) is 17.7. The number of nitrogens with two attached hydrogens (primary N) is 1. The van der Waals surface area contributed by atoms with Gasteiger partial charge < -0.3 is 31.1 Å². The van der Waals surface area contributed by atoms with Gasteiger partial charge in [0, 0.05) is 24.7 Å². The molecule has 1 saturated carbocycles. The summed E-state index contributed by atoms with van der Waals surface area (Å²) in [5.74, 6) is -0.503. The highest BCUT2D eigenvalue weighted by molar-refractivity contribution is 5.94. The van der Waals surface area contributed by atoms with Crippen molar-refractivity contribution in [2.45, 2.75) is 63.1 Å². The van der Waals surface area contributed by atoms with Gasteiger partial charge in [-0.15, -0.1) is 0 Å². The number of aliphatic hydroxyl groups is 1. The van der Waals surface area contributed by atoms with Crippen molar-refractivity contribution in [1.82, 2.24) is 15.5 Å². The number of hydrogen-bond acceptors (Lipinski definition) is 5. The number of carbonyl (C=O) groups excluding carboxylic acids is 3. The van der Waals surface area contributed by atoms with Crippen LogP contribution in [0.4, 0.5) is 4.79 Å². The zero-order valence-corrected chi connectivity index (χ0v) is 17.7. The van der Waals surface area contributed by atoms with E-state index in [1.54, 1.807) is 29.2 Å². The number of rotatable bonds is 6. The first-order chi connectivity index (χ1) is 14.9. The van der Waals surface area contributed by atoms with Crippen LogP contribution in [0.25, 0.3) is 0 Å². The third-order valence-electron chi connectivity index (χ3n) is 5.84. The normalized spacial score (nSPS) is 22.3. The Balaban J connectivity index is 1.57. The number of amides is 4. The van der Waals surface area contributed by atoms with E-state index in [4.69, 9.17) is 10.5 Å². The van der Waals surface area contributed by atoms with Gasteiger partial charge in [0.2, 0.25) is 0 Å². The Morgan fingerprint density at radius 2 is 1.74 bits per heavy atom. The molecule has 1 aromatic rings. The van der Waals surface area contributed by atoms with Crippen LogP contribution in [0, 0.1) is 0 Å². The molecule has 1 aliphatic carbocycles. The number of likely N-dealkylation sites (tertiary alicyclic amines) is 1. The lowest BCUT2D eigenvalue weighted by atomic mass is 9.96. The molecule has 9 heteroatoms. The lowest BCUT2D eigenvalue weighted by Crippen LogP contribution is -2.53. The van der Waals surface area contributed by atoms with Gasteiger partial charge in [-0.1, -0.05) is 19.3 Å². The molecule has 1 aliphatic heterocycles. The molecule has 2 unspecified atom stereocenters. The molecular weight excluding hydrogens is 400 g/mol. The molecule has 2 atom stereocenters. The molecule has 9 nitrogen and oxygen atoms in total. The molecule has 2 fully saturated rings. The molecule has 1 heterocycles. The summed E-state index contributed by atoms with van der Waals surface area (Å²) in [5.41, 5.74) is 5.44. The van der Waals surface area contributed by atoms with E-state index in [1.165, 1.54) is 6.42 Å². The molecule has 0 bridgehead atoms. The van der Waals surface area contributed by atoms with E-state index in [0.717, 1.165) is 25.7 Å². The maximum absolute atomic E-state index is 12.7. The lowest BCUT2D eigenvalue weighted by molar-refractivity contribution is -0.119. The van der Waals surface area contributed by atoms with Crippen molar-refractivity contribution < 1.29 is 24.2 Å². The van der Waals surface area contributed by atoms with Crippen LogP contribution >= 0.6 is 0 Å². The number of benzene rings is 1. The van der Waals surface area contributed by atoms with Crippen LogP contribution in [0.2, 0.25) is 0 Å². The minimum absolute atomic E-state index is 0.129. The average Bonchev–Trinajstić information content (AvgIpc) is 2.95. The van der Waals surface area contributed by atoms with Gasteiger partial charge in [0.05, 0.1) is 12.1 Å². The predicted molar refractivity (Wildman–Crippen MR) is 115 cm³/mol. The standard InChI is InChI=1S/C22H32N4O5/c23-20(28)14-31-17-10-8-15(9-11-17)21(29)25-18-13-26(12-4-7-19(18)27)22(30)24-16-5-2-1-3-6-16/h8-11,16,18-19,27H,1-7,12-14H2,(H2,23,28)(H,24,30)(H,25,29). The number of nitrogens with one attached hydrogen (secondary N) is 2. The number of primary amides is 1. The second-order valence-corrected chi connectivity index (χ2v) is 8.30. The fourth-order valence-electron chi connectivity index (χ4n) is 4.09. The average molecular weight is 433 g/mol. The molecule has 5 N–H and O–H groups in total. The summed E-state index contributed by atoms with van der Waals surface area (Å²) in [5, 5.41) is 16.5. The molecule has 4 amide bonds.